The van der Waals surface area contributed by atoms with Gasteiger partial charge in [-0.15, -0.1) is 0 Å². The fraction of sp³-hybridized carbons (Fsp3) is 0.579. The molecule has 0 atom stereocenters. The van der Waals surface area contributed by atoms with Crippen LogP contribution >= 0.6 is 0 Å². The molecule has 0 saturated carbocycles. The van der Waals surface area contributed by atoms with Crippen molar-refractivity contribution >= 4 is 22.0 Å². The monoisotopic (exact) mass is 409 g/mol. The summed E-state index contributed by atoms with van der Waals surface area (Å²) in [6.07, 6.45) is -0.607. The second-order valence-corrected chi connectivity index (χ2v) is 10.1. The van der Waals surface area contributed by atoms with Gasteiger partial charge in [-0.1, -0.05) is 32.9 Å². The van der Waals surface area contributed by atoms with Crippen molar-refractivity contribution in [3.8, 4) is 0 Å². The number of rotatable bonds is 4. The standard InChI is InChI=1S/C19H27N3O5S/c1-19(2,3)15-4-6-16(7-5-15)28(25,26)21-10-8-20(9-11-21)14-17(23)22-12-13-27-18(22)24/h4-7H,8-14H2,1-3H3. The average Bonchev–Trinajstić information content (AvgIpc) is 3.08. The topological polar surface area (TPSA) is 87.2 Å². The summed E-state index contributed by atoms with van der Waals surface area (Å²) in [7, 11) is -3.56. The Morgan fingerprint density at radius 2 is 1.64 bits per heavy atom. The number of hydrogen-bond acceptors (Lipinski definition) is 6. The first-order valence-corrected chi connectivity index (χ1v) is 10.8. The molecule has 2 aliphatic rings. The van der Waals surface area contributed by atoms with Crippen molar-refractivity contribution in [1.29, 1.82) is 0 Å². The predicted octanol–water partition coefficient (Wildman–Crippen LogP) is 1.27. The lowest BCUT2D eigenvalue weighted by atomic mass is 9.87. The van der Waals surface area contributed by atoms with Crippen LogP contribution in [0.5, 0.6) is 0 Å². The van der Waals surface area contributed by atoms with E-state index in [9.17, 15) is 18.0 Å². The van der Waals surface area contributed by atoms with Gasteiger partial charge in [0.15, 0.2) is 0 Å². The molecule has 0 aromatic heterocycles. The maximum atomic E-state index is 12.9. The number of nitrogens with zero attached hydrogens (tertiary/aromatic N) is 3. The summed E-state index contributed by atoms with van der Waals surface area (Å²) in [6, 6.07) is 7.03. The molecule has 0 bridgehead atoms. The third kappa shape index (κ3) is 4.37. The molecule has 2 amide bonds. The van der Waals surface area contributed by atoms with Gasteiger partial charge in [0.05, 0.1) is 18.0 Å². The van der Waals surface area contributed by atoms with Crippen molar-refractivity contribution in [2.75, 3.05) is 45.9 Å². The number of carbonyl (C=O) groups excluding carboxylic acids is 2. The first-order chi connectivity index (χ1) is 13.1. The summed E-state index contributed by atoms with van der Waals surface area (Å²) in [6.45, 7) is 8.32. The van der Waals surface area contributed by atoms with Crippen LogP contribution in [0, 0.1) is 0 Å². The minimum absolute atomic E-state index is 0.0395. The molecular weight excluding hydrogens is 382 g/mol. The van der Waals surface area contributed by atoms with Crippen molar-refractivity contribution in [3.63, 3.8) is 0 Å². The average molecular weight is 410 g/mol. The van der Waals surface area contributed by atoms with Crippen LogP contribution in [0.2, 0.25) is 0 Å². The Bertz CT molecular complexity index is 837. The fourth-order valence-electron chi connectivity index (χ4n) is 3.30. The molecule has 3 rings (SSSR count). The molecule has 0 spiro atoms. The van der Waals surface area contributed by atoms with E-state index >= 15 is 0 Å². The van der Waals surface area contributed by atoms with Gasteiger partial charge in [0.25, 0.3) is 0 Å². The number of sulfonamides is 1. The van der Waals surface area contributed by atoms with Crippen molar-refractivity contribution in [2.24, 2.45) is 0 Å². The summed E-state index contributed by atoms with van der Waals surface area (Å²) >= 11 is 0. The Balaban J connectivity index is 1.59. The summed E-state index contributed by atoms with van der Waals surface area (Å²) < 4.78 is 32.0. The highest BCUT2D eigenvalue weighted by Gasteiger charge is 2.32. The summed E-state index contributed by atoms with van der Waals surface area (Å²) in [5.74, 6) is -0.309. The van der Waals surface area contributed by atoms with Crippen molar-refractivity contribution < 1.29 is 22.7 Å². The van der Waals surface area contributed by atoms with Gasteiger partial charge in [0, 0.05) is 26.2 Å². The lowest BCUT2D eigenvalue weighted by Crippen LogP contribution is -2.51. The van der Waals surface area contributed by atoms with E-state index in [1.807, 2.05) is 17.0 Å². The van der Waals surface area contributed by atoms with E-state index in [1.165, 1.54) is 4.31 Å². The van der Waals surface area contributed by atoms with E-state index in [4.69, 9.17) is 4.74 Å². The smallest absolute Gasteiger partial charge is 0.416 e. The van der Waals surface area contributed by atoms with Crippen molar-refractivity contribution in [1.82, 2.24) is 14.1 Å². The molecule has 9 heteroatoms. The predicted molar refractivity (Wildman–Crippen MR) is 103 cm³/mol. The maximum absolute atomic E-state index is 12.9. The molecule has 0 aliphatic carbocycles. The van der Waals surface area contributed by atoms with Crippen LogP contribution in [0.15, 0.2) is 29.2 Å². The minimum Gasteiger partial charge on any atom is -0.447 e. The number of cyclic esters (lactones) is 1. The lowest BCUT2D eigenvalue weighted by Gasteiger charge is -2.34. The van der Waals surface area contributed by atoms with E-state index in [0.717, 1.165) is 10.5 Å². The Hall–Kier alpha value is -1.97. The SMILES string of the molecule is CC(C)(C)c1ccc(S(=O)(=O)N2CCN(CC(=O)N3CCOC3=O)CC2)cc1. The molecule has 0 N–H and O–H groups in total. The van der Waals surface area contributed by atoms with Gasteiger partial charge in [0.2, 0.25) is 15.9 Å². The number of piperazine rings is 1. The van der Waals surface area contributed by atoms with Gasteiger partial charge in [-0.3, -0.25) is 9.69 Å². The molecule has 0 unspecified atom stereocenters. The van der Waals surface area contributed by atoms with Gasteiger partial charge >= 0.3 is 6.09 Å². The quantitative estimate of drug-likeness (QED) is 0.744. The molecular formula is C19H27N3O5S. The Morgan fingerprint density at radius 1 is 1.04 bits per heavy atom. The van der Waals surface area contributed by atoms with E-state index in [1.54, 1.807) is 12.1 Å². The first kappa shape index (κ1) is 20.8. The zero-order valence-electron chi connectivity index (χ0n) is 16.6. The number of imide groups is 1. The highest BCUT2D eigenvalue weighted by atomic mass is 32.2. The van der Waals surface area contributed by atoms with Crippen LogP contribution in [0.1, 0.15) is 26.3 Å². The number of benzene rings is 1. The Kier molecular flexibility index (Phi) is 5.79. The summed E-state index contributed by atoms with van der Waals surface area (Å²) in [5, 5.41) is 0. The van der Waals surface area contributed by atoms with Crippen molar-refractivity contribution in [3.05, 3.63) is 29.8 Å². The molecule has 2 aliphatic heterocycles. The molecule has 2 heterocycles. The first-order valence-electron chi connectivity index (χ1n) is 9.39. The molecule has 28 heavy (non-hydrogen) atoms. The summed E-state index contributed by atoms with van der Waals surface area (Å²) in [5.41, 5.74) is 1.04. The van der Waals surface area contributed by atoms with Crippen molar-refractivity contribution in [2.45, 2.75) is 31.1 Å². The van der Waals surface area contributed by atoms with E-state index in [0.29, 0.717) is 26.2 Å². The normalized spacial score (nSPS) is 19.7. The van der Waals surface area contributed by atoms with Crippen LogP contribution in [0.4, 0.5) is 4.79 Å². The van der Waals surface area contributed by atoms with Crippen LogP contribution in [0.3, 0.4) is 0 Å². The van der Waals surface area contributed by atoms with Crippen LogP contribution < -0.4 is 0 Å². The largest absolute Gasteiger partial charge is 0.447 e. The van der Waals surface area contributed by atoms with E-state index in [-0.39, 0.29) is 35.9 Å². The van der Waals surface area contributed by atoms with Gasteiger partial charge < -0.3 is 4.74 Å². The number of carbonyl (C=O) groups is 2. The Morgan fingerprint density at radius 3 is 2.14 bits per heavy atom. The minimum atomic E-state index is -3.56. The van der Waals surface area contributed by atoms with Crippen LogP contribution in [0.25, 0.3) is 0 Å². The molecule has 8 nitrogen and oxygen atoms in total. The number of amides is 2. The van der Waals surface area contributed by atoms with Crippen LogP contribution in [-0.2, 0) is 25.0 Å². The van der Waals surface area contributed by atoms with Gasteiger partial charge in [-0.2, -0.15) is 4.31 Å². The Labute approximate surface area is 166 Å². The third-order valence-electron chi connectivity index (χ3n) is 5.11. The molecule has 2 fully saturated rings. The molecule has 2 saturated heterocycles. The van der Waals surface area contributed by atoms with E-state index < -0.39 is 16.1 Å². The molecule has 1 aromatic carbocycles. The molecule has 1 aromatic rings. The zero-order chi connectivity index (χ0) is 20.5. The number of ether oxygens (including phenoxy) is 1. The third-order valence-corrected chi connectivity index (χ3v) is 7.02. The maximum Gasteiger partial charge on any atom is 0.416 e. The van der Waals surface area contributed by atoms with Crippen LogP contribution in [-0.4, -0.2) is 80.4 Å². The highest BCUT2D eigenvalue weighted by Crippen LogP contribution is 2.25. The lowest BCUT2D eigenvalue weighted by molar-refractivity contribution is -0.129. The molecule has 0 radical (unpaired) electrons. The van der Waals surface area contributed by atoms with Gasteiger partial charge in [0.1, 0.15) is 6.61 Å². The highest BCUT2D eigenvalue weighted by molar-refractivity contribution is 7.89. The fourth-order valence-corrected chi connectivity index (χ4v) is 4.72. The second-order valence-electron chi connectivity index (χ2n) is 8.11. The zero-order valence-corrected chi connectivity index (χ0v) is 17.4. The van der Waals surface area contributed by atoms with E-state index in [2.05, 4.69) is 20.8 Å². The van der Waals surface area contributed by atoms with Gasteiger partial charge in [-0.05, 0) is 23.1 Å². The second kappa shape index (κ2) is 7.81. The molecule has 154 valence electrons. The van der Waals surface area contributed by atoms with Gasteiger partial charge in [-0.25, -0.2) is 18.1 Å². The summed E-state index contributed by atoms with van der Waals surface area (Å²) in [4.78, 5) is 26.9. The number of hydrogen-bond donors (Lipinski definition) is 0.